The smallest absolute Gasteiger partial charge is 0.334 e. The summed E-state index contributed by atoms with van der Waals surface area (Å²) in [7, 11) is 0. The molecule has 0 amide bonds. The largest absolute Gasteiger partial charge is 0.383 e. The number of thioether (sulfide) groups is 1. The van der Waals surface area contributed by atoms with Crippen LogP contribution in [-0.4, -0.2) is 29.7 Å². The van der Waals surface area contributed by atoms with Gasteiger partial charge in [0.25, 0.3) is 0 Å². The van der Waals surface area contributed by atoms with Gasteiger partial charge in [0.15, 0.2) is 11.6 Å². The molecule has 13 heteroatoms. The maximum absolute atomic E-state index is 14.6. The van der Waals surface area contributed by atoms with Crippen molar-refractivity contribution in [1.82, 2.24) is 29.7 Å². The van der Waals surface area contributed by atoms with Gasteiger partial charge in [-0.25, -0.2) is 23.7 Å². The quantitative estimate of drug-likeness (QED) is 0.248. The lowest BCUT2D eigenvalue weighted by Crippen LogP contribution is -2.02. The molecule has 4 rings (SSSR count). The maximum Gasteiger partial charge on any atom is 0.334 e. The zero-order chi connectivity index (χ0) is 22.3. The number of halogens is 5. The highest BCUT2D eigenvalue weighted by Crippen LogP contribution is 2.41. The molecule has 0 aliphatic rings. The molecule has 0 saturated heterocycles. The topological polar surface area (TPSA) is 95.4 Å². The Bertz CT molecular complexity index is 1280. The first kappa shape index (κ1) is 21.2. The van der Waals surface area contributed by atoms with Gasteiger partial charge < -0.3 is 5.73 Å². The molecule has 0 spiro atoms. The molecule has 3 aromatic heterocycles. The first-order chi connectivity index (χ1) is 14.8. The van der Waals surface area contributed by atoms with Gasteiger partial charge in [-0.3, -0.25) is 4.98 Å². The van der Waals surface area contributed by atoms with Crippen molar-refractivity contribution in [3.8, 4) is 11.3 Å². The third-order valence-electron chi connectivity index (χ3n) is 4.34. The predicted molar refractivity (Wildman–Crippen MR) is 108 cm³/mol. The van der Waals surface area contributed by atoms with Crippen molar-refractivity contribution in [2.75, 3.05) is 5.73 Å². The van der Waals surface area contributed by atoms with E-state index in [9.17, 15) is 17.6 Å². The van der Waals surface area contributed by atoms with Gasteiger partial charge in [0, 0.05) is 16.7 Å². The number of benzene rings is 1. The van der Waals surface area contributed by atoms with Crippen LogP contribution < -0.4 is 5.73 Å². The summed E-state index contributed by atoms with van der Waals surface area (Å²) in [4.78, 5) is 16.8. The number of anilines is 1. The summed E-state index contributed by atoms with van der Waals surface area (Å²) in [6, 6.07) is 2.22. The Labute approximate surface area is 181 Å². The van der Waals surface area contributed by atoms with Gasteiger partial charge in [0.05, 0.1) is 16.3 Å². The standard InChI is InChI=1S/C18H12ClF4N7S/c1-7(17-28-6-30(29-17)18(22)23)31-10-4-25-14(15-11(10)16(24)27-5-26-15)8-2-3-9(20)12(19)13(8)21/h2-7,18H,1H3,(H2,24,26,27). The van der Waals surface area contributed by atoms with Crippen LogP contribution in [0, 0.1) is 11.6 Å². The molecular formula is C18H12ClF4N7S. The highest BCUT2D eigenvalue weighted by Gasteiger charge is 2.22. The van der Waals surface area contributed by atoms with E-state index < -0.39 is 28.5 Å². The SMILES string of the molecule is CC(Sc1cnc(-c2ccc(F)c(Cl)c2F)c2ncnc(N)c12)c1ncn(C(F)F)n1. The molecule has 2 N–H and O–H groups in total. The van der Waals surface area contributed by atoms with Crippen LogP contribution in [0.5, 0.6) is 0 Å². The van der Waals surface area contributed by atoms with Gasteiger partial charge in [0.2, 0.25) is 0 Å². The van der Waals surface area contributed by atoms with Crippen molar-refractivity contribution >= 4 is 40.1 Å². The van der Waals surface area contributed by atoms with Crippen LogP contribution in [0.2, 0.25) is 5.02 Å². The van der Waals surface area contributed by atoms with Crippen LogP contribution in [0.1, 0.15) is 24.5 Å². The Hall–Kier alpha value is -2.99. The summed E-state index contributed by atoms with van der Waals surface area (Å²) >= 11 is 6.89. The molecule has 160 valence electrons. The number of nitrogens with two attached hydrogens (primary N) is 1. The van der Waals surface area contributed by atoms with E-state index in [2.05, 4.69) is 25.0 Å². The van der Waals surface area contributed by atoms with Crippen LogP contribution in [0.15, 0.2) is 35.9 Å². The summed E-state index contributed by atoms with van der Waals surface area (Å²) < 4.78 is 54.2. The number of rotatable bonds is 5. The number of nitrogen functional groups attached to an aromatic ring is 1. The zero-order valence-electron chi connectivity index (χ0n) is 15.6. The number of fused-ring (bicyclic) bond motifs is 1. The highest BCUT2D eigenvalue weighted by molar-refractivity contribution is 7.99. The Balaban J connectivity index is 1.80. The summed E-state index contributed by atoms with van der Waals surface area (Å²) in [5.74, 6) is -1.61. The van der Waals surface area contributed by atoms with E-state index >= 15 is 0 Å². The number of aromatic nitrogens is 6. The number of nitrogens with zero attached hydrogens (tertiary/aromatic N) is 6. The van der Waals surface area contributed by atoms with Crippen molar-refractivity contribution in [2.24, 2.45) is 0 Å². The van der Waals surface area contributed by atoms with Gasteiger partial charge in [0.1, 0.15) is 34.8 Å². The lowest BCUT2D eigenvalue weighted by Gasteiger charge is -2.14. The van der Waals surface area contributed by atoms with Crippen LogP contribution in [0.3, 0.4) is 0 Å². The van der Waals surface area contributed by atoms with Crippen LogP contribution in [0.25, 0.3) is 22.2 Å². The molecule has 0 saturated carbocycles. The second kappa shape index (κ2) is 8.27. The van der Waals surface area contributed by atoms with Crippen molar-refractivity contribution in [3.63, 3.8) is 0 Å². The molecule has 31 heavy (non-hydrogen) atoms. The molecule has 0 bridgehead atoms. The van der Waals surface area contributed by atoms with Gasteiger partial charge in [-0.15, -0.1) is 11.8 Å². The monoisotopic (exact) mass is 469 g/mol. The fourth-order valence-electron chi connectivity index (χ4n) is 2.88. The molecular weight excluding hydrogens is 458 g/mol. The second-order valence-corrected chi connectivity index (χ2v) is 8.06. The van der Waals surface area contributed by atoms with E-state index in [0.717, 1.165) is 12.4 Å². The minimum Gasteiger partial charge on any atom is -0.383 e. The fourth-order valence-corrected chi connectivity index (χ4v) is 4.07. The minimum atomic E-state index is -2.80. The molecule has 0 aliphatic heterocycles. The molecule has 4 aromatic rings. The minimum absolute atomic E-state index is 0.0589. The van der Waals surface area contributed by atoms with Gasteiger partial charge in [-0.2, -0.15) is 18.6 Å². The van der Waals surface area contributed by atoms with E-state index in [1.54, 1.807) is 6.92 Å². The molecule has 3 heterocycles. The highest BCUT2D eigenvalue weighted by atomic mass is 35.5. The third-order valence-corrected chi connectivity index (χ3v) is 5.82. The van der Waals surface area contributed by atoms with Crippen molar-refractivity contribution in [3.05, 3.63) is 53.5 Å². The molecule has 0 radical (unpaired) electrons. The van der Waals surface area contributed by atoms with Crippen molar-refractivity contribution < 1.29 is 17.6 Å². The van der Waals surface area contributed by atoms with E-state index in [0.29, 0.717) is 15.0 Å². The van der Waals surface area contributed by atoms with E-state index in [1.807, 2.05) is 0 Å². The maximum atomic E-state index is 14.6. The molecule has 1 unspecified atom stereocenters. The summed E-state index contributed by atoms with van der Waals surface area (Å²) in [6.07, 6.45) is 3.55. The number of hydrogen-bond acceptors (Lipinski definition) is 7. The molecule has 0 fully saturated rings. The predicted octanol–water partition coefficient (Wildman–Crippen LogP) is 5.05. The average molecular weight is 470 g/mol. The van der Waals surface area contributed by atoms with Gasteiger partial charge in [-0.1, -0.05) is 11.6 Å². The number of alkyl halides is 2. The second-order valence-electron chi connectivity index (χ2n) is 6.30. The first-order valence-electron chi connectivity index (χ1n) is 8.66. The fraction of sp³-hybridized carbons (Fsp3) is 0.167. The number of hydrogen-bond donors (Lipinski definition) is 1. The number of pyridine rings is 1. The van der Waals surface area contributed by atoms with E-state index in [4.69, 9.17) is 17.3 Å². The Morgan fingerprint density at radius 2 is 1.90 bits per heavy atom. The summed E-state index contributed by atoms with van der Waals surface area (Å²) in [6.45, 7) is -1.09. The molecule has 1 aromatic carbocycles. The molecule has 0 aliphatic carbocycles. The summed E-state index contributed by atoms with van der Waals surface area (Å²) in [5, 5.41) is 3.01. The normalized spacial score (nSPS) is 12.6. The Morgan fingerprint density at radius 1 is 1.13 bits per heavy atom. The van der Waals surface area contributed by atoms with E-state index in [1.165, 1.54) is 30.4 Å². The van der Waals surface area contributed by atoms with Crippen molar-refractivity contribution in [1.29, 1.82) is 0 Å². The van der Waals surface area contributed by atoms with Crippen LogP contribution in [-0.2, 0) is 0 Å². The summed E-state index contributed by atoms with van der Waals surface area (Å²) in [5.41, 5.74) is 6.31. The van der Waals surface area contributed by atoms with Crippen molar-refractivity contribution in [2.45, 2.75) is 23.6 Å². The lowest BCUT2D eigenvalue weighted by molar-refractivity contribution is 0.0559. The third kappa shape index (κ3) is 3.88. The van der Waals surface area contributed by atoms with Gasteiger partial charge in [-0.05, 0) is 19.1 Å². The lowest BCUT2D eigenvalue weighted by atomic mass is 10.1. The van der Waals surface area contributed by atoms with Crippen LogP contribution >= 0.6 is 23.4 Å². The molecule has 7 nitrogen and oxygen atoms in total. The average Bonchev–Trinajstić information content (AvgIpc) is 3.24. The van der Waals surface area contributed by atoms with E-state index in [-0.39, 0.29) is 28.4 Å². The first-order valence-corrected chi connectivity index (χ1v) is 9.92. The van der Waals surface area contributed by atoms with Gasteiger partial charge >= 0.3 is 6.55 Å². The zero-order valence-corrected chi connectivity index (χ0v) is 17.2. The Morgan fingerprint density at radius 3 is 2.61 bits per heavy atom. The Kier molecular flexibility index (Phi) is 5.67. The molecule has 1 atom stereocenters. The van der Waals surface area contributed by atoms with Crippen LogP contribution in [0.4, 0.5) is 23.4 Å².